The smallest absolute Gasteiger partial charge is 0.325 e. The Morgan fingerprint density at radius 2 is 2.10 bits per heavy atom. The first-order valence-corrected chi connectivity index (χ1v) is 6.29. The molecule has 0 aliphatic carbocycles. The number of anilines is 1. The highest BCUT2D eigenvalue weighted by molar-refractivity contribution is 5.92. The molecule has 0 saturated carbocycles. The fraction of sp³-hybridized carbons (Fsp3) is 0.357. The van der Waals surface area contributed by atoms with E-state index in [0.717, 1.165) is 25.1 Å². The van der Waals surface area contributed by atoms with Crippen molar-refractivity contribution in [3.63, 3.8) is 0 Å². The summed E-state index contributed by atoms with van der Waals surface area (Å²) in [7, 11) is 0. The molecular formula is C14H15F3N2O. The van der Waals surface area contributed by atoms with Gasteiger partial charge < -0.3 is 5.32 Å². The lowest BCUT2D eigenvalue weighted by Gasteiger charge is -2.22. The van der Waals surface area contributed by atoms with Crippen LogP contribution in [0.25, 0.3) is 0 Å². The quantitative estimate of drug-likeness (QED) is 0.866. The number of hydrogen-bond acceptors (Lipinski definition) is 2. The number of nitrogens with zero attached hydrogens (tertiary/aromatic N) is 1. The second kappa shape index (κ2) is 6.09. The first-order valence-electron chi connectivity index (χ1n) is 6.29. The summed E-state index contributed by atoms with van der Waals surface area (Å²) in [5.41, 5.74) is -0.603. The number of rotatable bonds is 3. The maximum atomic E-state index is 12.5. The summed E-state index contributed by atoms with van der Waals surface area (Å²) in [6.45, 7) is 1.66. The number of carbonyl (C=O) groups excluding carboxylic acids is 1. The highest BCUT2D eigenvalue weighted by atomic mass is 19.4. The van der Waals surface area contributed by atoms with Crippen LogP contribution in [-0.2, 0) is 11.0 Å². The van der Waals surface area contributed by atoms with Gasteiger partial charge in [-0.2, -0.15) is 13.2 Å². The van der Waals surface area contributed by atoms with Crippen molar-refractivity contribution in [2.75, 3.05) is 25.0 Å². The number of nitrogens with one attached hydrogen (secondary N) is 1. The number of benzene rings is 1. The highest BCUT2D eigenvalue weighted by Crippen LogP contribution is 2.30. The minimum atomic E-state index is -4.40. The van der Waals surface area contributed by atoms with Crippen molar-refractivity contribution in [1.82, 2.24) is 4.90 Å². The second-order valence-electron chi connectivity index (χ2n) is 4.62. The predicted molar refractivity (Wildman–Crippen MR) is 70.3 cm³/mol. The van der Waals surface area contributed by atoms with Crippen molar-refractivity contribution >= 4 is 11.6 Å². The van der Waals surface area contributed by atoms with E-state index >= 15 is 0 Å². The molecule has 3 nitrogen and oxygen atoms in total. The molecule has 1 aliphatic heterocycles. The number of alkyl halides is 3. The monoisotopic (exact) mass is 284 g/mol. The van der Waals surface area contributed by atoms with Gasteiger partial charge in [-0.15, -0.1) is 0 Å². The standard InChI is InChI=1S/C14H15F3N2O/c15-14(16,17)11-5-4-6-12(9-11)18-13(20)10-19-7-2-1-3-8-19/h1-2,4-6,9H,3,7-8,10H2,(H,18,20). The van der Waals surface area contributed by atoms with Gasteiger partial charge in [0.05, 0.1) is 12.1 Å². The zero-order valence-corrected chi connectivity index (χ0v) is 10.8. The first kappa shape index (κ1) is 14.6. The summed E-state index contributed by atoms with van der Waals surface area (Å²) in [5.74, 6) is -0.306. The van der Waals surface area contributed by atoms with Gasteiger partial charge in [-0.3, -0.25) is 9.69 Å². The third kappa shape index (κ3) is 4.09. The van der Waals surface area contributed by atoms with Crippen LogP contribution in [0.3, 0.4) is 0 Å². The number of amides is 1. The van der Waals surface area contributed by atoms with Gasteiger partial charge in [0.15, 0.2) is 0 Å². The fourth-order valence-corrected chi connectivity index (χ4v) is 2.01. The highest BCUT2D eigenvalue weighted by Gasteiger charge is 2.30. The van der Waals surface area contributed by atoms with Crippen LogP contribution in [0.2, 0.25) is 0 Å². The molecule has 1 N–H and O–H groups in total. The summed E-state index contributed by atoms with van der Waals surface area (Å²) in [5, 5.41) is 2.50. The lowest BCUT2D eigenvalue weighted by atomic mass is 10.2. The van der Waals surface area contributed by atoms with Crippen LogP contribution in [0.15, 0.2) is 36.4 Å². The van der Waals surface area contributed by atoms with Crippen molar-refractivity contribution < 1.29 is 18.0 Å². The largest absolute Gasteiger partial charge is 0.416 e. The molecule has 0 atom stereocenters. The Hall–Kier alpha value is -1.82. The summed E-state index contributed by atoms with van der Waals surface area (Å²) < 4.78 is 37.6. The van der Waals surface area contributed by atoms with E-state index in [1.807, 2.05) is 17.1 Å². The molecule has 2 rings (SSSR count). The van der Waals surface area contributed by atoms with Crippen molar-refractivity contribution in [3.05, 3.63) is 42.0 Å². The van der Waals surface area contributed by atoms with Crippen molar-refractivity contribution in [1.29, 1.82) is 0 Å². The molecule has 1 heterocycles. The second-order valence-corrected chi connectivity index (χ2v) is 4.62. The average molecular weight is 284 g/mol. The van der Waals surface area contributed by atoms with Gasteiger partial charge in [0.25, 0.3) is 0 Å². The molecule has 0 radical (unpaired) electrons. The van der Waals surface area contributed by atoms with E-state index in [-0.39, 0.29) is 18.1 Å². The summed E-state index contributed by atoms with van der Waals surface area (Å²) in [6, 6.07) is 4.64. The fourth-order valence-electron chi connectivity index (χ4n) is 2.01. The minimum absolute atomic E-state index is 0.164. The SMILES string of the molecule is O=C(CN1CC=CCC1)Nc1cccc(C(F)(F)F)c1. The normalized spacial score (nSPS) is 16.1. The molecule has 6 heteroatoms. The van der Waals surface area contributed by atoms with E-state index in [0.29, 0.717) is 6.54 Å². The third-order valence-corrected chi connectivity index (χ3v) is 2.98. The summed E-state index contributed by atoms with van der Waals surface area (Å²) >= 11 is 0. The molecule has 0 aromatic heterocycles. The van der Waals surface area contributed by atoms with E-state index in [1.54, 1.807) is 0 Å². The molecule has 0 spiro atoms. The Morgan fingerprint density at radius 3 is 2.75 bits per heavy atom. The van der Waals surface area contributed by atoms with Crippen molar-refractivity contribution in [2.24, 2.45) is 0 Å². The van der Waals surface area contributed by atoms with Gasteiger partial charge in [-0.05, 0) is 24.6 Å². The van der Waals surface area contributed by atoms with E-state index in [2.05, 4.69) is 5.32 Å². The average Bonchev–Trinajstić information content (AvgIpc) is 2.39. The van der Waals surface area contributed by atoms with E-state index in [9.17, 15) is 18.0 Å². The van der Waals surface area contributed by atoms with Crippen LogP contribution >= 0.6 is 0 Å². The van der Waals surface area contributed by atoms with Crippen LogP contribution in [0, 0.1) is 0 Å². The van der Waals surface area contributed by atoms with Crippen LogP contribution < -0.4 is 5.32 Å². The number of carbonyl (C=O) groups is 1. The molecule has 0 bridgehead atoms. The molecule has 108 valence electrons. The van der Waals surface area contributed by atoms with Crippen molar-refractivity contribution in [3.8, 4) is 0 Å². The number of halogens is 3. The Bertz CT molecular complexity index is 511. The number of hydrogen-bond donors (Lipinski definition) is 1. The zero-order valence-electron chi connectivity index (χ0n) is 10.8. The molecule has 20 heavy (non-hydrogen) atoms. The summed E-state index contributed by atoms with van der Waals surface area (Å²) in [4.78, 5) is 13.7. The molecule has 1 aromatic carbocycles. The summed E-state index contributed by atoms with van der Waals surface area (Å²) in [6.07, 6.45) is 0.498. The molecule has 1 amide bonds. The van der Waals surface area contributed by atoms with Gasteiger partial charge in [-0.25, -0.2) is 0 Å². The molecule has 1 aromatic rings. The molecule has 0 fully saturated rings. The lowest BCUT2D eigenvalue weighted by molar-refractivity contribution is -0.137. The van der Waals surface area contributed by atoms with Gasteiger partial charge in [0.1, 0.15) is 0 Å². The van der Waals surface area contributed by atoms with Crippen LogP contribution in [-0.4, -0.2) is 30.4 Å². The van der Waals surface area contributed by atoms with Gasteiger partial charge >= 0.3 is 6.18 Å². The zero-order chi connectivity index (χ0) is 14.6. The molecule has 0 unspecified atom stereocenters. The predicted octanol–water partition coefficient (Wildman–Crippen LogP) is 2.91. The van der Waals surface area contributed by atoms with Crippen LogP contribution in [0.5, 0.6) is 0 Å². The molecule has 1 aliphatic rings. The van der Waals surface area contributed by atoms with E-state index in [1.165, 1.54) is 12.1 Å². The van der Waals surface area contributed by atoms with E-state index < -0.39 is 11.7 Å². The van der Waals surface area contributed by atoms with E-state index in [4.69, 9.17) is 0 Å². The lowest BCUT2D eigenvalue weighted by Crippen LogP contribution is -2.35. The maximum absolute atomic E-state index is 12.5. The first-order chi connectivity index (χ1) is 9.45. The van der Waals surface area contributed by atoms with Gasteiger partial charge in [0.2, 0.25) is 5.91 Å². The van der Waals surface area contributed by atoms with Crippen LogP contribution in [0.1, 0.15) is 12.0 Å². The van der Waals surface area contributed by atoms with Crippen LogP contribution in [0.4, 0.5) is 18.9 Å². The minimum Gasteiger partial charge on any atom is -0.325 e. The Kier molecular flexibility index (Phi) is 4.44. The Morgan fingerprint density at radius 1 is 1.30 bits per heavy atom. The maximum Gasteiger partial charge on any atom is 0.416 e. The van der Waals surface area contributed by atoms with Gasteiger partial charge in [0, 0.05) is 18.8 Å². The van der Waals surface area contributed by atoms with Crippen molar-refractivity contribution in [2.45, 2.75) is 12.6 Å². The van der Waals surface area contributed by atoms with Gasteiger partial charge in [-0.1, -0.05) is 18.2 Å². The molecule has 0 saturated heterocycles. The third-order valence-electron chi connectivity index (χ3n) is 2.98. The Labute approximate surface area is 115 Å². The topological polar surface area (TPSA) is 32.3 Å². The molecular weight excluding hydrogens is 269 g/mol. The Balaban J connectivity index is 1.95.